The van der Waals surface area contributed by atoms with E-state index in [0.717, 1.165) is 6.42 Å². The molecular weight excluding hydrogens is 191 g/mol. The summed E-state index contributed by atoms with van der Waals surface area (Å²) in [5, 5.41) is 2.81. The molecule has 0 aromatic rings. The van der Waals surface area contributed by atoms with Gasteiger partial charge in [-0.2, -0.15) is 13.2 Å². The minimum Gasteiger partial charge on any atom is -0.316 e. The van der Waals surface area contributed by atoms with Gasteiger partial charge in [0.2, 0.25) is 0 Å². The number of nitrogens with one attached hydrogen (secondary N) is 1. The van der Waals surface area contributed by atoms with E-state index in [9.17, 15) is 13.2 Å². The van der Waals surface area contributed by atoms with Crippen molar-refractivity contribution in [2.24, 2.45) is 11.3 Å². The molecule has 72 valence electrons. The highest BCUT2D eigenvalue weighted by Crippen LogP contribution is 2.58. The second-order valence-corrected chi connectivity index (χ2v) is 3.52. The van der Waals surface area contributed by atoms with Gasteiger partial charge >= 0.3 is 6.18 Å². The molecule has 0 spiro atoms. The third-order valence-electron chi connectivity index (χ3n) is 3.12. The van der Waals surface area contributed by atoms with E-state index < -0.39 is 11.6 Å². The van der Waals surface area contributed by atoms with Crippen LogP contribution in [0.15, 0.2) is 0 Å². The molecule has 1 aliphatic heterocycles. The van der Waals surface area contributed by atoms with Crippen molar-refractivity contribution in [3.05, 3.63) is 0 Å². The quantitative estimate of drug-likeness (QED) is 0.632. The topological polar surface area (TPSA) is 12.0 Å². The number of halogens is 4. The van der Waals surface area contributed by atoms with E-state index in [4.69, 9.17) is 0 Å². The fourth-order valence-electron chi connectivity index (χ4n) is 2.17. The minimum atomic E-state index is -3.99. The summed E-state index contributed by atoms with van der Waals surface area (Å²) < 4.78 is 37.2. The maximum Gasteiger partial charge on any atom is 0.396 e. The molecule has 2 atom stereocenters. The summed E-state index contributed by atoms with van der Waals surface area (Å²) in [5.41, 5.74) is -1.34. The Balaban J connectivity index is 0.000000720. The molecule has 1 saturated carbocycles. The Hall–Kier alpha value is 0.0400. The van der Waals surface area contributed by atoms with Crippen molar-refractivity contribution in [1.82, 2.24) is 5.32 Å². The summed E-state index contributed by atoms with van der Waals surface area (Å²) in [6.07, 6.45) is -2.92. The zero-order valence-electron chi connectivity index (χ0n) is 6.45. The first-order valence-electron chi connectivity index (χ1n) is 3.84. The Kier molecular flexibility index (Phi) is 2.34. The Morgan fingerprint density at radius 1 is 1.33 bits per heavy atom. The van der Waals surface area contributed by atoms with Gasteiger partial charge in [0.25, 0.3) is 0 Å². The van der Waals surface area contributed by atoms with Crippen LogP contribution in [0.1, 0.15) is 12.8 Å². The van der Waals surface area contributed by atoms with E-state index in [2.05, 4.69) is 5.32 Å². The highest BCUT2D eigenvalue weighted by atomic mass is 35.5. The van der Waals surface area contributed by atoms with E-state index in [1.165, 1.54) is 0 Å². The van der Waals surface area contributed by atoms with Crippen molar-refractivity contribution in [2.45, 2.75) is 19.0 Å². The van der Waals surface area contributed by atoms with Gasteiger partial charge in [-0.3, -0.25) is 0 Å². The van der Waals surface area contributed by atoms with Crippen LogP contribution in [-0.4, -0.2) is 19.3 Å². The highest BCUT2D eigenvalue weighted by molar-refractivity contribution is 5.85. The Labute approximate surface area is 75.1 Å². The fourth-order valence-corrected chi connectivity index (χ4v) is 2.17. The largest absolute Gasteiger partial charge is 0.396 e. The summed E-state index contributed by atoms with van der Waals surface area (Å²) in [6.45, 7) is 0.695. The predicted octanol–water partition coefficient (Wildman–Crippen LogP) is 1.97. The first-order valence-corrected chi connectivity index (χ1v) is 3.84. The third kappa shape index (κ3) is 1.04. The molecule has 0 bridgehead atoms. The zero-order chi connectivity index (χ0) is 8.11. The van der Waals surface area contributed by atoms with Gasteiger partial charge < -0.3 is 5.32 Å². The summed E-state index contributed by atoms with van der Waals surface area (Å²) in [6, 6.07) is 0. The van der Waals surface area contributed by atoms with Gasteiger partial charge in [0.05, 0.1) is 5.41 Å². The average Bonchev–Trinajstić information content (AvgIpc) is 2.06. The van der Waals surface area contributed by atoms with Gasteiger partial charge in [0, 0.05) is 6.54 Å². The molecule has 0 aromatic heterocycles. The highest BCUT2D eigenvalue weighted by Gasteiger charge is 2.65. The number of rotatable bonds is 0. The van der Waals surface area contributed by atoms with Gasteiger partial charge in [0.15, 0.2) is 0 Å². The second-order valence-electron chi connectivity index (χ2n) is 3.52. The molecule has 1 heterocycles. The smallest absolute Gasteiger partial charge is 0.316 e. The average molecular weight is 202 g/mol. The lowest BCUT2D eigenvalue weighted by Gasteiger charge is -2.45. The van der Waals surface area contributed by atoms with Crippen molar-refractivity contribution < 1.29 is 13.2 Å². The molecule has 1 aliphatic carbocycles. The summed E-state index contributed by atoms with van der Waals surface area (Å²) in [7, 11) is 0. The minimum absolute atomic E-state index is 0. The molecule has 0 radical (unpaired) electrons. The molecule has 0 amide bonds. The molecule has 0 unspecified atom stereocenters. The third-order valence-corrected chi connectivity index (χ3v) is 3.12. The van der Waals surface area contributed by atoms with E-state index in [-0.39, 0.29) is 24.9 Å². The monoisotopic (exact) mass is 201 g/mol. The van der Waals surface area contributed by atoms with Crippen LogP contribution in [0.2, 0.25) is 0 Å². The standard InChI is InChI=1S/C7H10F3N.ClH/c8-7(9,10)6-2-1-5(6)3-11-4-6;/h5,11H,1-4H2;1H/t5-,6+;/m1./s1. The van der Waals surface area contributed by atoms with Crippen LogP contribution in [0.25, 0.3) is 0 Å². The van der Waals surface area contributed by atoms with Gasteiger partial charge in [0.1, 0.15) is 0 Å². The molecule has 1 nitrogen and oxygen atoms in total. The summed E-state index contributed by atoms with van der Waals surface area (Å²) in [5.74, 6) is -0.137. The lowest BCUT2D eigenvalue weighted by molar-refractivity contribution is -0.258. The van der Waals surface area contributed by atoms with Gasteiger partial charge in [-0.05, 0) is 25.3 Å². The van der Waals surface area contributed by atoms with Gasteiger partial charge in [-0.15, -0.1) is 12.4 Å². The van der Waals surface area contributed by atoms with Crippen LogP contribution in [0.3, 0.4) is 0 Å². The van der Waals surface area contributed by atoms with E-state index in [1.807, 2.05) is 0 Å². The lowest BCUT2D eigenvalue weighted by atomic mass is 9.61. The number of fused-ring (bicyclic) bond motifs is 1. The van der Waals surface area contributed by atoms with Crippen LogP contribution >= 0.6 is 12.4 Å². The molecular formula is C7H11ClF3N. The molecule has 2 rings (SSSR count). The van der Waals surface area contributed by atoms with Crippen LogP contribution < -0.4 is 5.32 Å². The zero-order valence-corrected chi connectivity index (χ0v) is 7.26. The first kappa shape index (κ1) is 10.1. The van der Waals surface area contributed by atoms with Crippen molar-refractivity contribution in [3.8, 4) is 0 Å². The molecule has 12 heavy (non-hydrogen) atoms. The van der Waals surface area contributed by atoms with Crippen LogP contribution in [0.5, 0.6) is 0 Å². The number of hydrogen-bond donors (Lipinski definition) is 1. The predicted molar refractivity (Wildman–Crippen MR) is 41.3 cm³/mol. The van der Waals surface area contributed by atoms with Crippen molar-refractivity contribution in [2.75, 3.05) is 13.1 Å². The van der Waals surface area contributed by atoms with E-state index in [1.54, 1.807) is 0 Å². The van der Waals surface area contributed by atoms with Crippen LogP contribution in [0, 0.1) is 11.3 Å². The normalized spacial score (nSPS) is 39.8. The second kappa shape index (κ2) is 2.77. The molecule has 5 heteroatoms. The van der Waals surface area contributed by atoms with E-state index in [0.29, 0.717) is 13.0 Å². The first-order chi connectivity index (χ1) is 5.06. The Morgan fingerprint density at radius 2 is 2.00 bits per heavy atom. The van der Waals surface area contributed by atoms with Crippen molar-refractivity contribution in [3.63, 3.8) is 0 Å². The maximum atomic E-state index is 12.4. The van der Waals surface area contributed by atoms with E-state index >= 15 is 0 Å². The molecule has 0 aromatic carbocycles. The SMILES string of the molecule is Cl.FC(F)(F)[C@]12CC[C@@H]1CNC2. The Morgan fingerprint density at radius 3 is 2.25 bits per heavy atom. The molecule has 1 N–H and O–H groups in total. The van der Waals surface area contributed by atoms with Crippen LogP contribution in [-0.2, 0) is 0 Å². The Bertz CT molecular complexity index is 182. The van der Waals surface area contributed by atoms with Crippen molar-refractivity contribution >= 4 is 12.4 Å². The van der Waals surface area contributed by atoms with Gasteiger partial charge in [-0.25, -0.2) is 0 Å². The number of hydrogen-bond acceptors (Lipinski definition) is 1. The molecule has 2 aliphatic rings. The molecule has 1 saturated heterocycles. The summed E-state index contributed by atoms with van der Waals surface area (Å²) >= 11 is 0. The molecule has 2 fully saturated rings. The fraction of sp³-hybridized carbons (Fsp3) is 1.00. The van der Waals surface area contributed by atoms with Gasteiger partial charge in [-0.1, -0.05) is 0 Å². The lowest BCUT2D eigenvalue weighted by Crippen LogP contribution is -2.51. The van der Waals surface area contributed by atoms with Crippen LogP contribution in [0.4, 0.5) is 13.2 Å². The maximum absolute atomic E-state index is 12.4. The number of alkyl halides is 3. The summed E-state index contributed by atoms with van der Waals surface area (Å²) in [4.78, 5) is 0. The van der Waals surface area contributed by atoms with Crippen molar-refractivity contribution in [1.29, 1.82) is 0 Å².